The van der Waals surface area contributed by atoms with E-state index in [9.17, 15) is 0 Å². The van der Waals surface area contributed by atoms with Gasteiger partial charge in [-0.1, -0.05) is 18.2 Å². The van der Waals surface area contributed by atoms with Crippen LogP contribution >= 0.6 is 11.6 Å². The maximum absolute atomic E-state index is 5.65. The summed E-state index contributed by atoms with van der Waals surface area (Å²) in [5.41, 5.74) is 2.24. The molecule has 0 aliphatic rings. The molecule has 0 amide bonds. The summed E-state index contributed by atoms with van der Waals surface area (Å²) in [7, 11) is 0. The molecule has 12 heavy (non-hydrogen) atoms. The maximum atomic E-state index is 5.65. The van der Waals surface area contributed by atoms with Gasteiger partial charge in [0, 0.05) is 18.1 Å². The molecule has 1 aromatic rings. The van der Waals surface area contributed by atoms with Crippen molar-refractivity contribution in [2.24, 2.45) is 0 Å². The van der Waals surface area contributed by atoms with Crippen molar-refractivity contribution >= 4 is 17.3 Å². The summed E-state index contributed by atoms with van der Waals surface area (Å²) < 4.78 is 0. The van der Waals surface area contributed by atoms with Crippen LogP contribution in [0, 0.1) is 0 Å². The van der Waals surface area contributed by atoms with Crippen LogP contribution in [0.1, 0.15) is 5.56 Å². The molecule has 0 aliphatic heterocycles. The Kier molecular flexibility index (Phi) is 3.68. The van der Waals surface area contributed by atoms with E-state index in [4.69, 9.17) is 11.6 Å². The Bertz CT molecular complexity index is 241. The van der Waals surface area contributed by atoms with Crippen LogP contribution < -0.4 is 5.32 Å². The fraction of sp³-hybridized carbons (Fsp3) is 0.200. The van der Waals surface area contributed by atoms with Gasteiger partial charge in [0.05, 0.1) is 0 Å². The summed E-state index contributed by atoms with van der Waals surface area (Å²) in [6.45, 7) is 4.42. The van der Waals surface area contributed by atoms with E-state index < -0.39 is 0 Å². The summed E-state index contributed by atoms with van der Waals surface area (Å²) >= 11 is 5.65. The summed E-state index contributed by atoms with van der Waals surface area (Å²) in [6, 6.07) is 8.05. The SMILES string of the molecule is C=CCNc1ccc(CCl)cc1. The second-order valence-corrected chi connectivity index (χ2v) is 2.77. The van der Waals surface area contributed by atoms with Gasteiger partial charge in [0.1, 0.15) is 0 Å². The lowest BCUT2D eigenvalue weighted by Gasteiger charge is -2.02. The number of nitrogens with one attached hydrogen (secondary N) is 1. The quantitative estimate of drug-likeness (QED) is 0.556. The van der Waals surface area contributed by atoms with Gasteiger partial charge in [0.2, 0.25) is 0 Å². The molecule has 0 spiro atoms. The van der Waals surface area contributed by atoms with Crippen LogP contribution in [-0.2, 0) is 5.88 Å². The predicted molar refractivity (Wildman–Crippen MR) is 54.7 cm³/mol. The zero-order valence-corrected chi connectivity index (χ0v) is 7.64. The first-order valence-corrected chi connectivity index (χ1v) is 4.40. The van der Waals surface area contributed by atoms with Gasteiger partial charge in [-0.25, -0.2) is 0 Å². The predicted octanol–water partition coefficient (Wildman–Crippen LogP) is 3.02. The van der Waals surface area contributed by atoms with Gasteiger partial charge in [-0.15, -0.1) is 18.2 Å². The average Bonchev–Trinajstić information content (AvgIpc) is 2.15. The minimum absolute atomic E-state index is 0.571. The van der Waals surface area contributed by atoms with E-state index >= 15 is 0 Å². The summed E-state index contributed by atoms with van der Waals surface area (Å²) in [6.07, 6.45) is 1.83. The first kappa shape index (κ1) is 9.14. The molecule has 1 rings (SSSR count). The Labute approximate surface area is 78.1 Å². The van der Waals surface area contributed by atoms with Crippen molar-refractivity contribution in [3.05, 3.63) is 42.5 Å². The molecule has 0 bridgehead atoms. The van der Waals surface area contributed by atoms with Gasteiger partial charge in [0.25, 0.3) is 0 Å². The Balaban J connectivity index is 2.58. The number of rotatable bonds is 4. The molecule has 1 nitrogen and oxygen atoms in total. The molecule has 0 aromatic heterocycles. The van der Waals surface area contributed by atoms with Crippen LogP contribution in [0.15, 0.2) is 36.9 Å². The Morgan fingerprint density at radius 1 is 1.33 bits per heavy atom. The largest absolute Gasteiger partial charge is 0.382 e. The van der Waals surface area contributed by atoms with Crippen LogP contribution in [0.2, 0.25) is 0 Å². The van der Waals surface area contributed by atoms with E-state index in [1.807, 2.05) is 30.3 Å². The Hall–Kier alpha value is -0.950. The molecule has 0 unspecified atom stereocenters. The minimum Gasteiger partial charge on any atom is -0.382 e. The van der Waals surface area contributed by atoms with Crippen LogP contribution in [0.5, 0.6) is 0 Å². The molecule has 0 radical (unpaired) electrons. The van der Waals surface area contributed by atoms with Crippen LogP contribution in [0.25, 0.3) is 0 Å². The van der Waals surface area contributed by atoms with Gasteiger partial charge in [-0.05, 0) is 17.7 Å². The summed E-state index contributed by atoms with van der Waals surface area (Å²) in [5, 5.41) is 3.18. The van der Waals surface area contributed by atoms with E-state index in [-0.39, 0.29) is 0 Å². The van der Waals surface area contributed by atoms with Gasteiger partial charge in [-0.3, -0.25) is 0 Å². The second-order valence-electron chi connectivity index (χ2n) is 2.50. The smallest absolute Gasteiger partial charge is 0.0474 e. The zero-order chi connectivity index (χ0) is 8.81. The standard InChI is InChI=1S/C10H12ClN/c1-2-7-12-10-5-3-9(8-11)4-6-10/h2-6,12H,1,7-8H2. The van der Waals surface area contributed by atoms with Crippen molar-refractivity contribution in [2.75, 3.05) is 11.9 Å². The first-order valence-electron chi connectivity index (χ1n) is 3.86. The highest BCUT2D eigenvalue weighted by atomic mass is 35.5. The zero-order valence-electron chi connectivity index (χ0n) is 6.89. The normalized spacial score (nSPS) is 9.42. The number of alkyl halides is 1. The molecule has 0 saturated heterocycles. The fourth-order valence-corrected chi connectivity index (χ4v) is 1.08. The molecule has 1 aromatic carbocycles. The lowest BCUT2D eigenvalue weighted by atomic mass is 10.2. The van der Waals surface area contributed by atoms with Crippen molar-refractivity contribution in [3.63, 3.8) is 0 Å². The van der Waals surface area contributed by atoms with Gasteiger partial charge >= 0.3 is 0 Å². The topological polar surface area (TPSA) is 12.0 Å². The monoisotopic (exact) mass is 181 g/mol. The van der Waals surface area contributed by atoms with Crippen molar-refractivity contribution in [1.82, 2.24) is 0 Å². The van der Waals surface area contributed by atoms with Gasteiger partial charge in [-0.2, -0.15) is 0 Å². The number of anilines is 1. The highest BCUT2D eigenvalue weighted by Gasteiger charge is 1.90. The highest BCUT2D eigenvalue weighted by molar-refractivity contribution is 6.17. The van der Waals surface area contributed by atoms with E-state index in [0.717, 1.165) is 17.8 Å². The van der Waals surface area contributed by atoms with E-state index in [1.165, 1.54) is 0 Å². The fourth-order valence-electron chi connectivity index (χ4n) is 0.902. The highest BCUT2D eigenvalue weighted by Crippen LogP contribution is 2.10. The molecule has 0 heterocycles. The molecule has 0 aliphatic carbocycles. The van der Waals surface area contributed by atoms with E-state index in [0.29, 0.717) is 5.88 Å². The van der Waals surface area contributed by atoms with Gasteiger partial charge < -0.3 is 5.32 Å². The van der Waals surface area contributed by atoms with Crippen LogP contribution in [0.4, 0.5) is 5.69 Å². The summed E-state index contributed by atoms with van der Waals surface area (Å²) in [4.78, 5) is 0. The second kappa shape index (κ2) is 4.83. The van der Waals surface area contributed by atoms with E-state index in [2.05, 4.69) is 11.9 Å². The van der Waals surface area contributed by atoms with Gasteiger partial charge in [0.15, 0.2) is 0 Å². The average molecular weight is 182 g/mol. The van der Waals surface area contributed by atoms with Crippen molar-refractivity contribution in [2.45, 2.75) is 5.88 Å². The lowest BCUT2D eigenvalue weighted by molar-refractivity contribution is 1.32. The third kappa shape index (κ3) is 2.59. The third-order valence-corrected chi connectivity index (χ3v) is 1.87. The Morgan fingerprint density at radius 2 is 2.00 bits per heavy atom. The number of hydrogen-bond donors (Lipinski definition) is 1. The molecule has 0 saturated carbocycles. The molecule has 64 valence electrons. The van der Waals surface area contributed by atoms with E-state index in [1.54, 1.807) is 0 Å². The summed E-state index contributed by atoms with van der Waals surface area (Å²) in [5.74, 6) is 0.571. The van der Waals surface area contributed by atoms with Crippen molar-refractivity contribution in [3.8, 4) is 0 Å². The third-order valence-electron chi connectivity index (χ3n) is 1.56. The Morgan fingerprint density at radius 3 is 2.50 bits per heavy atom. The first-order chi connectivity index (χ1) is 5.86. The number of halogens is 1. The number of hydrogen-bond acceptors (Lipinski definition) is 1. The van der Waals surface area contributed by atoms with Crippen LogP contribution in [-0.4, -0.2) is 6.54 Å². The molecule has 1 N–H and O–H groups in total. The molecular weight excluding hydrogens is 170 g/mol. The van der Waals surface area contributed by atoms with Crippen molar-refractivity contribution in [1.29, 1.82) is 0 Å². The lowest BCUT2D eigenvalue weighted by Crippen LogP contribution is -1.96. The molecule has 0 fully saturated rings. The molecule has 0 atom stereocenters. The molecule has 2 heteroatoms. The number of benzene rings is 1. The molecular formula is C10H12ClN. The maximum Gasteiger partial charge on any atom is 0.0474 e. The van der Waals surface area contributed by atoms with Crippen molar-refractivity contribution < 1.29 is 0 Å². The minimum atomic E-state index is 0.571. The van der Waals surface area contributed by atoms with Crippen LogP contribution in [0.3, 0.4) is 0 Å².